The molecule has 168 valence electrons. The van der Waals surface area contributed by atoms with Gasteiger partial charge in [0.15, 0.2) is 5.13 Å². The Morgan fingerprint density at radius 3 is 2.62 bits per heavy atom. The molecule has 1 aromatic carbocycles. The molecule has 32 heavy (non-hydrogen) atoms. The maximum Gasteiger partial charge on any atom is 0.262 e. The lowest BCUT2D eigenvalue weighted by atomic mass is 10.1. The first-order valence-corrected chi connectivity index (χ1v) is 11.9. The third-order valence-electron chi connectivity index (χ3n) is 6.29. The van der Waals surface area contributed by atoms with Crippen molar-refractivity contribution in [2.45, 2.75) is 32.7 Å². The number of carbonyl (C=O) groups is 1. The van der Waals surface area contributed by atoms with Crippen LogP contribution < -0.4 is 15.6 Å². The lowest BCUT2D eigenvalue weighted by Crippen LogP contribution is -2.46. The molecular formula is C23H26FN5O2S. The second kappa shape index (κ2) is 8.29. The van der Waals surface area contributed by atoms with Crippen molar-refractivity contribution in [1.82, 2.24) is 14.5 Å². The Kier molecular flexibility index (Phi) is 5.46. The molecule has 1 amide bonds. The first-order valence-electron chi connectivity index (χ1n) is 11.0. The van der Waals surface area contributed by atoms with Gasteiger partial charge in [0.1, 0.15) is 11.4 Å². The molecule has 1 saturated heterocycles. The fourth-order valence-electron chi connectivity index (χ4n) is 4.30. The number of pyridine rings is 1. The average molecular weight is 456 g/mol. The fourth-order valence-corrected chi connectivity index (χ4v) is 4.98. The first kappa shape index (κ1) is 21.1. The second-order valence-electron chi connectivity index (χ2n) is 8.50. The largest absolute Gasteiger partial charge is 0.367 e. The van der Waals surface area contributed by atoms with Gasteiger partial charge in [0, 0.05) is 49.2 Å². The maximum atomic E-state index is 15.2. The van der Waals surface area contributed by atoms with E-state index in [0.717, 1.165) is 51.3 Å². The van der Waals surface area contributed by atoms with Gasteiger partial charge in [0.25, 0.3) is 5.91 Å². The van der Waals surface area contributed by atoms with Crippen molar-refractivity contribution in [2.24, 2.45) is 0 Å². The number of carbonyl (C=O) groups excluding carboxylic acids is 1. The zero-order chi connectivity index (χ0) is 22.4. The molecule has 2 aliphatic rings. The molecule has 0 radical (unpaired) electrons. The van der Waals surface area contributed by atoms with Gasteiger partial charge >= 0.3 is 0 Å². The Morgan fingerprint density at radius 1 is 1.25 bits per heavy atom. The monoisotopic (exact) mass is 455 g/mol. The van der Waals surface area contributed by atoms with Crippen LogP contribution in [0.2, 0.25) is 0 Å². The third kappa shape index (κ3) is 3.91. The molecule has 0 unspecified atom stereocenters. The summed E-state index contributed by atoms with van der Waals surface area (Å²) >= 11 is 1.31. The van der Waals surface area contributed by atoms with Crippen molar-refractivity contribution < 1.29 is 9.18 Å². The molecule has 2 aromatic heterocycles. The van der Waals surface area contributed by atoms with Crippen LogP contribution >= 0.6 is 11.3 Å². The molecular weight excluding hydrogens is 429 g/mol. The number of nitrogens with zero attached hydrogens (tertiary/aromatic N) is 4. The molecule has 1 aliphatic carbocycles. The van der Waals surface area contributed by atoms with Gasteiger partial charge in [0.05, 0.1) is 16.9 Å². The van der Waals surface area contributed by atoms with E-state index in [-0.39, 0.29) is 17.0 Å². The molecule has 0 bridgehead atoms. The van der Waals surface area contributed by atoms with Crippen LogP contribution in [-0.4, -0.2) is 53.1 Å². The Hall–Kier alpha value is -2.78. The van der Waals surface area contributed by atoms with Crippen LogP contribution in [0.5, 0.6) is 0 Å². The van der Waals surface area contributed by atoms with Crippen molar-refractivity contribution in [2.75, 3.05) is 42.9 Å². The number of fused-ring (bicyclic) bond motifs is 1. The predicted octanol–water partition coefficient (Wildman–Crippen LogP) is 3.63. The van der Waals surface area contributed by atoms with E-state index in [1.54, 1.807) is 12.3 Å². The number of halogens is 1. The first-order chi connectivity index (χ1) is 15.4. The topological polar surface area (TPSA) is 70.5 Å². The molecule has 9 heteroatoms. The van der Waals surface area contributed by atoms with E-state index >= 15 is 4.39 Å². The standard InChI is InChI=1S/C23H26FN5O2S/c1-3-27-6-8-28(9-7-27)20-11-19-16(10-18(20)24)21(30)17(12-29(19)15-4-5-15)22(31)26-23-25-14(2)13-32-23/h10-13,15H,3-9H2,1-2H3,(H,25,26,31). The van der Waals surface area contributed by atoms with Crippen molar-refractivity contribution >= 4 is 39.0 Å². The number of amides is 1. The van der Waals surface area contributed by atoms with Gasteiger partial charge < -0.3 is 14.4 Å². The van der Waals surface area contributed by atoms with Gasteiger partial charge in [-0.1, -0.05) is 6.92 Å². The zero-order valence-electron chi connectivity index (χ0n) is 18.2. The molecule has 3 heterocycles. The number of hydrogen-bond donors (Lipinski definition) is 1. The number of aromatic nitrogens is 2. The van der Waals surface area contributed by atoms with Crippen LogP contribution in [0.4, 0.5) is 15.2 Å². The molecule has 3 aromatic rings. The summed E-state index contributed by atoms with van der Waals surface area (Å²) < 4.78 is 17.2. The van der Waals surface area contributed by atoms with Crippen molar-refractivity contribution in [3.05, 3.63) is 51.0 Å². The van der Waals surface area contributed by atoms with E-state index < -0.39 is 17.2 Å². The number of piperazine rings is 1. The summed E-state index contributed by atoms with van der Waals surface area (Å²) in [6, 6.07) is 3.32. The quantitative estimate of drug-likeness (QED) is 0.636. The number of hydrogen-bond acceptors (Lipinski definition) is 6. The summed E-state index contributed by atoms with van der Waals surface area (Å²) in [5.41, 5.74) is 1.57. The predicted molar refractivity (Wildman–Crippen MR) is 126 cm³/mol. The molecule has 1 N–H and O–H groups in total. The smallest absolute Gasteiger partial charge is 0.262 e. The number of rotatable bonds is 5. The third-order valence-corrected chi connectivity index (χ3v) is 7.16. The summed E-state index contributed by atoms with van der Waals surface area (Å²) in [4.78, 5) is 34.7. The van der Waals surface area contributed by atoms with Gasteiger partial charge in [-0.3, -0.25) is 14.9 Å². The summed E-state index contributed by atoms with van der Waals surface area (Å²) in [7, 11) is 0. The van der Waals surface area contributed by atoms with Crippen LogP contribution in [0.25, 0.3) is 10.9 Å². The Morgan fingerprint density at radius 2 is 2.00 bits per heavy atom. The van der Waals surface area contributed by atoms with Crippen LogP contribution in [0.3, 0.4) is 0 Å². The van der Waals surface area contributed by atoms with E-state index in [0.29, 0.717) is 16.3 Å². The van der Waals surface area contributed by atoms with E-state index in [2.05, 4.69) is 22.1 Å². The zero-order valence-corrected chi connectivity index (χ0v) is 19.0. The Bertz CT molecular complexity index is 1240. The number of thiazole rings is 1. The van der Waals surface area contributed by atoms with Crippen LogP contribution in [0.1, 0.15) is 41.9 Å². The van der Waals surface area contributed by atoms with E-state index in [1.807, 2.05) is 21.8 Å². The van der Waals surface area contributed by atoms with Crippen molar-refractivity contribution in [1.29, 1.82) is 0 Å². The minimum atomic E-state index is -0.513. The number of benzene rings is 1. The molecule has 1 saturated carbocycles. The van der Waals surface area contributed by atoms with Crippen molar-refractivity contribution in [3.8, 4) is 0 Å². The van der Waals surface area contributed by atoms with Gasteiger partial charge in [0.2, 0.25) is 5.43 Å². The van der Waals surface area contributed by atoms with Gasteiger partial charge in [-0.25, -0.2) is 9.37 Å². The Balaban J connectivity index is 1.55. The lowest BCUT2D eigenvalue weighted by molar-refractivity contribution is 0.102. The molecule has 0 spiro atoms. The van der Waals surface area contributed by atoms with Gasteiger partial charge in [-0.05, 0) is 38.4 Å². The van der Waals surface area contributed by atoms with Crippen molar-refractivity contribution in [3.63, 3.8) is 0 Å². The summed E-state index contributed by atoms with van der Waals surface area (Å²) in [6.07, 6.45) is 3.59. The highest BCUT2D eigenvalue weighted by Crippen LogP contribution is 2.38. The normalized spacial score (nSPS) is 17.2. The minimum Gasteiger partial charge on any atom is -0.367 e. The average Bonchev–Trinajstić information content (AvgIpc) is 3.55. The maximum absolute atomic E-state index is 15.2. The van der Waals surface area contributed by atoms with Gasteiger partial charge in [-0.15, -0.1) is 11.3 Å². The van der Waals surface area contributed by atoms with E-state index in [1.165, 1.54) is 17.4 Å². The molecule has 5 rings (SSSR count). The summed E-state index contributed by atoms with van der Waals surface area (Å²) in [5.74, 6) is -0.934. The number of anilines is 2. The number of likely N-dealkylation sites (N-methyl/N-ethyl adjacent to an activating group) is 1. The highest BCUT2D eigenvalue weighted by molar-refractivity contribution is 7.13. The summed E-state index contributed by atoms with van der Waals surface area (Å²) in [6.45, 7) is 8.22. The Labute approximate surface area is 189 Å². The van der Waals surface area contributed by atoms with E-state index in [4.69, 9.17) is 0 Å². The fraction of sp³-hybridized carbons (Fsp3) is 0.435. The van der Waals surface area contributed by atoms with Crippen LogP contribution in [0.15, 0.2) is 28.5 Å². The SMILES string of the molecule is CCN1CCN(c2cc3c(cc2F)c(=O)c(C(=O)Nc2nc(C)cs2)cn3C2CC2)CC1. The van der Waals surface area contributed by atoms with Crippen LogP contribution in [0, 0.1) is 12.7 Å². The van der Waals surface area contributed by atoms with Crippen LogP contribution in [-0.2, 0) is 0 Å². The highest BCUT2D eigenvalue weighted by Gasteiger charge is 2.28. The lowest BCUT2D eigenvalue weighted by Gasteiger charge is -2.35. The minimum absolute atomic E-state index is 0.0148. The second-order valence-corrected chi connectivity index (χ2v) is 9.36. The molecule has 1 aliphatic heterocycles. The number of nitrogens with one attached hydrogen (secondary N) is 1. The van der Waals surface area contributed by atoms with E-state index in [9.17, 15) is 9.59 Å². The molecule has 7 nitrogen and oxygen atoms in total. The molecule has 0 atom stereocenters. The van der Waals surface area contributed by atoms with Gasteiger partial charge in [-0.2, -0.15) is 0 Å². The summed E-state index contributed by atoms with van der Waals surface area (Å²) in [5, 5.41) is 5.22. The highest BCUT2D eigenvalue weighted by atomic mass is 32.1. The molecule has 2 fully saturated rings. The number of aryl methyl sites for hydroxylation is 1.